The van der Waals surface area contributed by atoms with E-state index in [-0.39, 0.29) is 0 Å². The van der Waals surface area contributed by atoms with Crippen LogP contribution in [0.1, 0.15) is 17.2 Å². The zero-order valence-corrected chi connectivity index (χ0v) is 8.81. The molecule has 2 rings (SSSR count). The normalized spacial score (nSPS) is 10.5. The fourth-order valence-corrected chi connectivity index (χ4v) is 1.48. The van der Waals surface area contributed by atoms with Gasteiger partial charge in [0.05, 0.1) is 6.54 Å². The molecule has 0 amide bonds. The quantitative estimate of drug-likeness (QED) is 0.788. The van der Waals surface area contributed by atoms with E-state index >= 15 is 0 Å². The van der Waals surface area contributed by atoms with Gasteiger partial charge in [-0.05, 0) is 31.5 Å². The molecule has 0 aliphatic rings. The van der Waals surface area contributed by atoms with Crippen molar-refractivity contribution < 1.29 is 0 Å². The summed E-state index contributed by atoms with van der Waals surface area (Å²) in [4.78, 5) is 8.18. The number of nitrogens with two attached hydrogens (primary N) is 1. The van der Waals surface area contributed by atoms with Crippen LogP contribution in [-0.4, -0.2) is 19.7 Å². The number of rotatable bonds is 2. The summed E-state index contributed by atoms with van der Waals surface area (Å²) >= 11 is 0. The van der Waals surface area contributed by atoms with Gasteiger partial charge in [0.2, 0.25) is 0 Å². The number of anilines is 1. The first kappa shape index (κ1) is 9.64. The van der Waals surface area contributed by atoms with Crippen molar-refractivity contribution in [3.8, 4) is 0 Å². The lowest BCUT2D eigenvalue weighted by Crippen LogP contribution is -2.05. The minimum Gasteiger partial charge on any atom is -0.384 e. The van der Waals surface area contributed by atoms with E-state index in [1.54, 1.807) is 6.20 Å². The maximum absolute atomic E-state index is 5.60. The maximum Gasteiger partial charge on any atom is 0.147 e. The third-order valence-corrected chi connectivity index (χ3v) is 2.14. The first-order valence-electron chi connectivity index (χ1n) is 4.73. The van der Waals surface area contributed by atoms with E-state index in [4.69, 9.17) is 5.73 Å². The van der Waals surface area contributed by atoms with Crippen LogP contribution >= 0.6 is 0 Å². The Balaban J connectivity index is 2.25. The fraction of sp³-hybridized carbons (Fsp3) is 0.300. The van der Waals surface area contributed by atoms with Gasteiger partial charge in [-0.15, -0.1) is 0 Å². The first-order valence-corrected chi connectivity index (χ1v) is 4.73. The molecule has 5 heteroatoms. The van der Waals surface area contributed by atoms with E-state index in [1.165, 1.54) is 0 Å². The summed E-state index contributed by atoms with van der Waals surface area (Å²) in [5.74, 6) is 2.22. The van der Waals surface area contributed by atoms with Crippen LogP contribution in [0.5, 0.6) is 0 Å². The largest absolute Gasteiger partial charge is 0.384 e. The van der Waals surface area contributed by atoms with Crippen molar-refractivity contribution >= 4 is 5.82 Å². The van der Waals surface area contributed by atoms with Crippen molar-refractivity contribution in [2.45, 2.75) is 20.4 Å². The predicted molar refractivity (Wildman–Crippen MR) is 57.2 cm³/mol. The van der Waals surface area contributed by atoms with Gasteiger partial charge in [-0.3, -0.25) is 0 Å². The first-order chi connectivity index (χ1) is 7.15. The van der Waals surface area contributed by atoms with E-state index in [0.717, 1.165) is 17.2 Å². The number of hydrogen-bond donors (Lipinski definition) is 1. The van der Waals surface area contributed by atoms with E-state index in [0.29, 0.717) is 12.4 Å². The highest BCUT2D eigenvalue weighted by Gasteiger charge is 2.03. The highest BCUT2D eigenvalue weighted by molar-refractivity contribution is 5.31. The molecular weight excluding hydrogens is 190 g/mol. The Morgan fingerprint density at radius 1 is 1.40 bits per heavy atom. The number of pyridine rings is 1. The van der Waals surface area contributed by atoms with Crippen molar-refractivity contribution in [3.05, 3.63) is 35.5 Å². The summed E-state index contributed by atoms with van der Waals surface area (Å²) in [6.45, 7) is 4.49. The van der Waals surface area contributed by atoms with Crippen LogP contribution in [0.15, 0.2) is 18.3 Å². The van der Waals surface area contributed by atoms with Crippen LogP contribution in [-0.2, 0) is 6.54 Å². The minimum absolute atomic E-state index is 0.530. The molecule has 0 aromatic carbocycles. The van der Waals surface area contributed by atoms with Crippen LogP contribution in [0.3, 0.4) is 0 Å². The summed E-state index contributed by atoms with van der Waals surface area (Å²) in [5, 5.41) is 4.28. The Morgan fingerprint density at radius 2 is 2.20 bits per heavy atom. The molecule has 2 aromatic heterocycles. The average Bonchev–Trinajstić information content (AvgIpc) is 2.45. The van der Waals surface area contributed by atoms with Crippen LogP contribution in [0.2, 0.25) is 0 Å². The lowest BCUT2D eigenvalue weighted by molar-refractivity contribution is 0.656. The fourth-order valence-electron chi connectivity index (χ4n) is 1.48. The van der Waals surface area contributed by atoms with Crippen molar-refractivity contribution in [2.24, 2.45) is 0 Å². The van der Waals surface area contributed by atoms with Crippen molar-refractivity contribution in [2.75, 3.05) is 5.73 Å². The molecule has 78 valence electrons. The van der Waals surface area contributed by atoms with E-state index in [1.807, 2.05) is 30.7 Å². The topological polar surface area (TPSA) is 69.6 Å². The Bertz CT molecular complexity index is 474. The molecule has 0 saturated heterocycles. The molecule has 5 nitrogen and oxygen atoms in total. The van der Waals surface area contributed by atoms with Gasteiger partial charge in [-0.1, -0.05) is 0 Å². The average molecular weight is 203 g/mol. The summed E-state index contributed by atoms with van der Waals surface area (Å²) in [7, 11) is 0. The molecule has 0 radical (unpaired) electrons. The van der Waals surface area contributed by atoms with Crippen LogP contribution in [0.4, 0.5) is 5.82 Å². The molecule has 0 bridgehead atoms. The highest BCUT2D eigenvalue weighted by Crippen LogP contribution is 2.06. The molecule has 0 unspecified atom stereocenters. The number of aromatic nitrogens is 4. The molecular formula is C10H13N5. The molecule has 2 heterocycles. The summed E-state index contributed by atoms with van der Waals surface area (Å²) in [6, 6.07) is 3.77. The molecule has 0 aliphatic heterocycles. The summed E-state index contributed by atoms with van der Waals surface area (Å²) in [6.07, 6.45) is 1.70. The molecule has 0 fully saturated rings. The molecule has 2 N–H and O–H groups in total. The standard InChI is InChI=1S/C10H13N5/c1-7-13-8(2)15(14-7)6-9-3-4-12-10(11)5-9/h3-5H,6H2,1-2H3,(H2,11,12). The van der Waals surface area contributed by atoms with Gasteiger partial charge in [0.15, 0.2) is 0 Å². The molecule has 0 aliphatic carbocycles. The van der Waals surface area contributed by atoms with Gasteiger partial charge in [0.1, 0.15) is 17.5 Å². The second kappa shape index (κ2) is 3.68. The molecule has 0 atom stereocenters. The zero-order chi connectivity index (χ0) is 10.8. The smallest absolute Gasteiger partial charge is 0.147 e. The second-order valence-electron chi connectivity index (χ2n) is 3.45. The van der Waals surface area contributed by atoms with Crippen LogP contribution in [0, 0.1) is 13.8 Å². The molecule has 2 aromatic rings. The predicted octanol–water partition coefficient (Wildman–Crippen LogP) is 0.920. The number of nitrogens with zero attached hydrogens (tertiary/aromatic N) is 4. The van der Waals surface area contributed by atoms with E-state index in [2.05, 4.69) is 15.1 Å². The minimum atomic E-state index is 0.530. The molecule has 0 saturated carbocycles. The Morgan fingerprint density at radius 3 is 2.80 bits per heavy atom. The maximum atomic E-state index is 5.60. The summed E-state index contributed by atoms with van der Waals surface area (Å²) in [5.41, 5.74) is 6.68. The Kier molecular flexibility index (Phi) is 2.37. The van der Waals surface area contributed by atoms with Gasteiger partial charge in [-0.25, -0.2) is 14.6 Å². The zero-order valence-electron chi connectivity index (χ0n) is 8.81. The third kappa shape index (κ3) is 2.12. The second-order valence-corrected chi connectivity index (χ2v) is 3.45. The third-order valence-electron chi connectivity index (χ3n) is 2.14. The highest BCUT2D eigenvalue weighted by atomic mass is 15.3. The van der Waals surface area contributed by atoms with Gasteiger partial charge in [0.25, 0.3) is 0 Å². The van der Waals surface area contributed by atoms with Crippen LogP contribution < -0.4 is 5.73 Å². The van der Waals surface area contributed by atoms with Gasteiger partial charge < -0.3 is 5.73 Å². The molecule has 15 heavy (non-hydrogen) atoms. The summed E-state index contributed by atoms with van der Waals surface area (Å²) < 4.78 is 1.85. The molecule has 0 spiro atoms. The lowest BCUT2D eigenvalue weighted by Gasteiger charge is -2.03. The Hall–Kier alpha value is -1.91. The monoisotopic (exact) mass is 203 g/mol. The number of nitrogen functional groups attached to an aromatic ring is 1. The van der Waals surface area contributed by atoms with Gasteiger partial charge in [-0.2, -0.15) is 5.10 Å². The number of aryl methyl sites for hydroxylation is 2. The Labute approximate surface area is 88.0 Å². The van der Waals surface area contributed by atoms with Crippen molar-refractivity contribution in [1.82, 2.24) is 19.7 Å². The lowest BCUT2D eigenvalue weighted by atomic mass is 10.2. The van der Waals surface area contributed by atoms with Crippen molar-refractivity contribution in [3.63, 3.8) is 0 Å². The number of hydrogen-bond acceptors (Lipinski definition) is 4. The van der Waals surface area contributed by atoms with Gasteiger partial charge in [0, 0.05) is 6.20 Å². The van der Waals surface area contributed by atoms with Gasteiger partial charge >= 0.3 is 0 Å². The SMILES string of the molecule is Cc1nc(C)n(Cc2ccnc(N)c2)n1. The van der Waals surface area contributed by atoms with E-state index < -0.39 is 0 Å². The van der Waals surface area contributed by atoms with E-state index in [9.17, 15) is 0 Å². The van der Waals surface area contributed by atoms with Crippen LogP contribution in [0.25, 0.3) is 0 Å². The van der Waals surface area contributed by atoms with Crippen molar-refractivity contribution in [1.29, 1.82) is 0 Å².